The van der Waals surface area contributed by atoms with Crippen LogP contribution in [0.2, 0.25) is 0 Å². The zero-order chi connectivity index (χ0) is 13.1. The molecule has 0 radical (unpaired) electrons. The summed E-state index contributed by atoms with van der Waals surface area (Å²) in [6.45, 7) is 5.25. The van der Waals surface area contributed by atoms with Crippen LogP contribution < -0.4 is 4.74 Å². The monoisotopic (exact) mass is 261 g/mol. The fourth-order valence-electron chi connectivity index (χ4n) is 1.45. The van der Waals surface area contributed by atoms with Gasteiger partial charge in [0.25, 0.3) is 0 Å². The maximum atomic E-state index is 11.1. The fourth-order valence-corrected chi connectivity index (χ4v) is 2.25. The molecule has 0 fully saturated rings. The topological polar surface area (TPSA) is 39.2 Å². The zero-order valence-corrected chi connectivity index (χ0v) is 11.5. The number of carbonyl (C=O) groups is 1. The zero-order valence-electron chi connectivity index (χ0n) is 10.6. The highest BCUT2D eigenvalue weighted by molar-refractivity contribution is 7.13. The number of benzene rings is 1. The van der Waals surface area contributed by atoms with E-state index >= 15 is 0 Å². The van der Waals surface area contributed by atoms with E-state index in [9.17, 15) is 4.79 Å². The highest BCUT2D eigenvalue weighted by Gasteiger charge is 2.09. The van der Waals surface area contributed by atoms with Crippen molar-refractivity contribution >= 4 is 17.1 Å². The van der Waals surface area contributed by atoms with E-state index in [4.69, 9.17) is 4.74 Å². The number of hydrogen-bond acceptors (Lipinski definition) is 4. The molecule has 1 aromatic carbocycles. The summed E-state index contributed by atoms with van der Waals surface area (Å²) in [6, 6.07) is 7.65. The average Bonchev–Trinajstić information content (AvgIpc) is 2.76. The third-order valence-electron chi connectivity index (χ3n) is 2.61. The number of hydrogen-bond donors (Lipinski definition) is 0. The van der Waals surface area contributed by atoms with Crippen LogP contribution in [0.25, 0.3) is 10.6 Å². The number of ketones is 1. The lowest BCUT2D eigenvalue weighted by molar-refractivity contribution is -0.122. The van der Waals surface area contributed by atoms with Gasteiger partial charge in [0.05, 0.1) is 0 Å². The molecule has 2 aromatic rings. The van der Waals surface area contributed by atoms with Crippen LogP contribution in [0.5, 0.6) is 5.75 Å². The summed E-state index contributed by atoms with van der Waals surface area (Å²) < 4.78 is 5.51. The van der Waals surface area contributed by atoms with E-state index < -0.39 is 6.10 Å². The van der Waals surface area contributed by atoms with Gasteiger partial charge < -0.3 is 4.74 Å². The van der Waals surface area contributed by atoms with Crippen LogP contribution in [0.15, 0.2) is 29.6 Å². The Morgan fingerprint density at radius 3 is 2.50 bits per heavy atom. The minimum absolute atomic E-state index is 0.0228. The van der Waals surface area contributed by atoms with E-state index in [1.807, 2.05) is 36.6 Å². The van der Waals surface area contributed by atoms with E-state index in [2.05, 4.69) is 4.98 Å². The summed E-state index contributed by atoms with van der Waals surface area (Å²) >= 11 is 1.62. The van der Waals surface area contributed by atoms with Gasteiger partial charge in [-0.2, -0.15) is 0 Å². The minimum Gasteiger partial charge on any atom is -0.483 e. The lowest BCUT2D eigenvalue weighted by atomic mass is 10.2. The van der Waals surface area contributed by atoms with E-state index in [0.29, 0.717) is 5.75 Å². The third kappa shape index (κ3) is 2.96. The molecule has 1 atom stereocenters. The van der Waals surface area contributed by atoms with Gasteiger partial charge in [0.15, 0.2) is 11.9 Å². The first-order chi connectivity index (χ1) is 8.56. The summed E-state index contributed by atoms with van der Waals surface area (Å²) in [5.41, 5.74) is 2.09. The number of rotatable bonds is 4. The SMILES string of the molecule is CC(=O)C(C)Oc1ccc(-c2nc(C)cs2)cc1. The van der Waals surface area contributed by atoms with E-state index in [0.717, 1.165) is 16.3 Å². The van der Waals surface area contributed by atoms with Crippen molar-refractivity contribution in [3.05, 3.63) is 35.3 Å². The van der Waals surface area contributed by atoms with Gasteiger partial charge in [-0.05, 0) is 45.0 Å². The lowest BCUT2D eigenvalue weighted by Gasteiger charge is -2.11. The van der Waals surface area contributed by atoms with Crippen molar-refractivity contribution in [1.82, 2.24) is 4.98 Å². The molecule has 0 saturated carbocycles. The van der Waals surface area contributed by atoms with E-state index in [1.165, 1.54) is 6.92 Å². The molecule has 0 amide bonds. The quantitative estimate of drug-likeness (QED) is 0.846. The summed E-state index contributed by atoms with van der Waals surface area (Å²) in [7, 11) is 0. The molecule has 0 aliphatic heterocycles. The molecule has 0 aliphatic carbocycles. The molecular formula is C14H15NO2S. The van der Waals surface area contributed by atoms with Gasteiger partial charge in [0.2, 0.25) is 0 Å². The number of Topliss-reactive ketones (excluding diaryl/α,β-unsaturated/α-hetero) is 1. The Morgan fingerprint density at radius 1 is 1.33 bits per heavy atom. The van der Waals surface area contributed by atoms with Crippen LogP contribution in [0.3, 0.4) is 0 Å². The first kappa shape index (κ1) is 12.8. The molecule has 1 heterocycles. The number of aryl methyl sites for hydroxylation is 1. The first-order valence-electron chi connectivity index (χ1n) is 5.76. The highest BCUT2D eigenvalue weighted by Crippen LogP contribution is 2.25. The van der Waals surface area contributed by atoms with Crippen molar-refractivity contribution in [2.75, 3.05) is 0 Å². The highest BCUT2D eigenvalue weighted by atomic mass is 32.1. The number of aromatic nitrogens is 1. The Morgan fingerprint density at radius 2 is 2.00 bits per heavy atom. The van der Waals surface area contributed by atoms with Gasteiger partial charge >= 0.3 is 0 Å². The van der Waals surface area contributed by atoms with Gasteiger partial charge in [-0.1, -0.05) is 0 Å². The molecular weight excluding hydrogens is 246 g/mol. The standard InChI is InChI=1S/C14H15NO2S/c1-9-8-18-14(15-9)12-4-6-13(7-5-12)17-11(3)10(2)16/h4-8,11H,1-3H3. The summed E-state index contributed by atoms with van der Waals surface area (Å²) in [4.78, 5) is 15.5. The molecule has 1 aromatic heterocycles. The lowest BCUT2D eigenvalue weighted by Crippen LogP contribution is -2.20. The Kier molecular flexibility index (Phi) is 3.77. The van der Waals surface area contributed by atoms with Crippen molar-refractivity contribution < 1.29 is 9.53 Å². The summed E-state index contributed by atoms with van der Waals surface area (Å²) in [5, 5.41) is 3.02. The predicted octanol–water partition coefficient (Wildman–Crippen LogP) is 3.47. The second-order valence-electron chi connectivity index (χ2n) is 4.19. The van der Waals surface area contributed by atoms with Gasteiger partial charge in [0.1, 0.15) is 10.8 Å². The van der Waals surface area contributed by atoms with Crippen LogP contribution in [0.1, 0.15) is 19.5 Å². The Balaban J connectivity index is 2.13. The van der Waals surface area contributed by atoms with E-state index in [1.54, 1.807) is 18.3 Å². The minimum atomic E-state index is -0.405. The van der Waals surface area contributed by atoms with Gasteiger partial charge in [0, 0.05) is 16.6 Å². The Hall–Kier alpha value is -1.68. The Labute approximate surface area is 110 Å². The smallest absolute Gasteiger partial charge is 0.169 e. The maximum absolute atomic E-state index is 11.1. The number of ether oxygens (including phenoxy) is 1. The normalized spacial score (nSPS) is 12.2. The largest absolute Gasteiger partial charge is 0.483 e. The van der Waals surface area contributed by atoms with Crippen LogP contribution in [-0.4, -0.2) is 16.9 Å². The second kappa shape index (κ2) is 5.31. The van der Waals surface area contributed by atoms with Crippen molar-refractivity contribution in [2.45, 2.75) is 26.9 Å². The van der Waals surface area contributed by atoms with Gasteiger partial charge in [-0.25, -0.2) is 4.98 Å². The van der Waals surface area contributed by atoms with Crippen molar-refractivity contribution in [2.24, 2.45) is 0 Å². The van der Waals surface area contributed by atoms with Gasteiger partial charge in [-0.15, -0.1) is 11.3 Å². The fraction of sp³-hybridized carbons (Fsp3) is 0.286. The van der Waals surface area contributed by atoms with E-state index in [-0.39, 0.29) is 5.78 Å². The van der Waals surface area contributed by atoms with Gasteiger partial charge in [-0.3, -0.25) is 4.79 Å². The number of thiazole rings is 1. The molecule has 0 spiro atoms. The second-order valence-corrected chi connectivity index (χ2v) is 5.05. The molecule has 18 heavy (non-hydrogen) atoms. The molecule has 0 bridgehead atoms. The molecule has 4 heteroatoms. The predicted molar refractivity (Wildman–Crippen MR) is 73.1 cm³/mol. The molecule has 94 valence electrons. The molecule has 3 nitrogen and oxygen atoms in total. The van der Waals surface area contributed by atoms with Crippen molar-refractivity contribution in [3.63, 3.8) is 0 Å². The van der Waals surface area contributed by atoms with Crippen molar-refractivity contribution in [1.29, 1.82) is 0 Å². The molecule has 0 aliphatic rings. The molecule has 0 saturated heterocycles. The van der Waals surface area contributed by atoms with Crippen LogP contribution in [-0.2, 0) is 4.79 Å². The first-order valence-corrected chi connectivity index (χ1v) is 6.64. The summed E-state index contributed by atoms with van der Waals surface area (Å²) in [6.07, 6.45) is -0.405. The van der Waals surface area contributed by atoms with Crippen LogP contribution >= 0.6 is 11.3 Å². The third-order valence-corrected chi connectivity index (χ3v) is 3.61. The van der Waals surface area contributed by atoms with Crippen LogP contribution in [0.4, 0.5) is 0 Å². The Bertz CT molecular complexity index is 545. The number of carbonyl (C=O) groups excluding carboxylic acids is 1. The van der Waals surface area contributed by atoms with Crippen molar-refractivity contribution in [3.8, 4) is 16.3 Å². The number of nitrogens with zero attached hydrogens (tertiary/aromatic N) is 1. The summed E-state index contributed by atoms with van der Waals surface area (Å²) in [5.74, 6) is 0.726. The van der Waals surface area contributed by atoms with Crippen LogP contribution in [0, 0.1) is 6.92 Å². The molecule has 1 unspecified atom stereocenters. The maximum Gasteiger partial charge on any atom is 0.169 e. The molecule has 2 rings (SSSR count). The molecule has 0 N–H and O–H groups in total. The average molecular weight is 261 g/mol.